The summed E-state index contributed by atoms with van der Waals surface area (Å²) in [5, 5.41) is 13.4. The van der Waals surface area contributed by atoms with Gasteiger partial charge in [-0.25, -0.2) is 0 Å². The molecule has 1 unspecified atom stereocenters. The average molecular weight is 247 g/mol. The summed E-state index contributed by atoms with van der Waals surface area (Å²) in [6.07, 6.45) is 6.33. The number of aliphatic hydroxyl groups is 1. The van der Waals surface area contributed by atoms with Crippen LogP contribution < -0.4 is 5.32 Å². The molecule has 1 aliphatic rings. The van der Waals surface area contributed by atoms with Crippen LogP contribution in [0.4, 0.5) is 0 Å². The minimum atomic E-state index is -0.695. The second-order valence-electron chi connectivity index (χ2n) is 4.46. The van der Waals surface area contributed by atoms with Crippen molar-refractivity contribution >= 4 is 17.2 Å². The summed E-state index contributed by atoms with van der Waals surface area (Å²) in [6.45, 7) is 0. The molecule has 0 aromatic heterocycles. The molecule has 90 valence electrons. The van der Waals surface area contributed by atoms with Crippen molar-refractivity contribution in [3.05, 3.63) is 47.5 Å². The molecule has 1 aromatic carbocycles. The number of hydrogen-bond donors (Lipinski definition) is 2. The van der Waals surface area contributed by atoms with E-state index < -0.39 is 5.60 Å². The second kappa shape index (κ2) is 4.98. The first-order valence-corrected chi connectivity index (χ1v) is 6.25. The number of allylic oxidation sites excluding steroid dienone is 1. The first-order chi connectivity index (χ1) is 8.14. The lowest BCUT2D eigenvalue weighted by Gasteiger charge is -2.22. The lowest BCUT2D eigenvalue weighted by Crippen LogP contribution is -2.28. The van der Waals surface area contributed by atoms with Crippen LogP contribution in [0.25, 0.3) is 0 Å². The standard InChI is InChI=1S/C14H17NOS/c1-15-13(17)12-7-3-2-6-11(12)10-14(16)8-4-5-9-14/h2-4,6-8,16H,5,9-10H2,1H3,(H,15,17). The number of rotatable bonds is 3. The van der Waals surface area contributed by atoms with Crippen LogP contribution in [0.15, 0.2) is 36.4 Å². The lowest BCUT2D eigenvalue weighted by atomic mass is 9.91. The van der Waals surface area contributed by atoms with E-state index in [4.69, 9.17) is 12.2 Å². The highest BCUT2D eigenvalue weighted by molar-refractivity contribution is 7.80. The normalized spacial score (nSPS) is 22.7. The van der Waals surface area contributed by atoms with Crippen molar-refractivity contribution in [1.82, 2.24) is 5.32 Å². The molecule has 1 aliphatic carbocycles. The maximum absolute atomic E-state index is 10.4. The molecule has 0 saturated heterocycles. The highest BCUT2D eigenvalue weighted by atomic mass is 32.1. The number of benzene rings is 1. The van der Waals surface area contributed by atoms with Gasteiger partial charge in [0.15, 0.2) is 0 Å². The largest absolute Gasteiger partial charge is 0.385 e. The van der Waals surface area contributed by atoms with Gasteiger partial charge in [-0.1, -0.05) is 48.6 Å². The molecule has 0 spiro atoms. The van der Waals surface area contributed by atoms with Crippen molar-refractivity contribution < 1.29 is 5.11 Å². The van der Waals surface area contributed by atoms with Crippen molar-refractivity contribution in [1.29, 1.82) is 0 Å². The van der Waals surface area contributed by atoms with Gasteiger partial charge in [0.05, 0.1) is 5.60 Å². The highest BCUT2D eigenvalue weighted by Gasteiger charge is 2.27. The third-order valence-electron chi connectivity index (χ3n) is 3.16. The summed E-state index contributed by atoms with van der Waals surface area (Å²) in [4.78, 5) is 0.728. The molecule has 0 radical (unpaired) electrons. The molecule has 17 heavy (non-hydrogen) atoms. The van der Waals surface area contributed by atoms with E-state index in [1.807, 2.05) is 43.5 Å². The zero-order valence-electron chi connectivity index (χ0n) is 9.94. The Morgan fingerprint density at radius 3 is 2.88 bits per heavy atom. The fourth-order valence-corrected chi connectivity index (χ4v) is 2.43. The van der Waals surface area contributed by atoms with Crippen molar-refractivity contribution in [3.8, 4) is 0 Å². The summed E-state index contributed by atoms with van der Waals surface area (Å²) in [7, 11) is 1.82. The van der Waals surface area contributed by atoms with E-state index in [-0.39, 0.29) is 0 Å². The topological polar surface area (TPSA) is 32.3 Å². The van der Waals surface area contributed by atoms with Crippen molar-refractivity contribution in [2.24, 2.45) is 0 Å². The monoisotopic (exact) mass is 247 g/mol. The predicted octanol–water partition coefficient (Wildman–Crippen LogP) is 2.21. The molecule has 0 bridgehead atoms. The van der Waals surface area contributed by atoms with Crippen molar-refractivity contribution in [2.45, 2.75) is 24.9 Å². The molecule has 2 nitrogen and oxygen atoms in total. The lowest BCUT2D eigenvalue weighted by molar-refractivity contribution is 0.0913. The average Bonchev–Trinajstić information content (AvgIpc) is 2.75. The van der Waals surface area contributed by atoms with Gasteiger partial charge in [-0.05, 0) is 18.4 Å². The van der Waals surface area contributed by atoms with Gasteiger partial charge in [0, 0.05) is 19.0 Å². The molecule has 0 saturated carbocycles. The van der Waals surface area contributed by atoms with Crippen molar-refractivity contribution in [3.63, 3.8) is 0 Å². The molecule has 1 atom stereocenters. The van der Waals surface area contributed by atoms with Crippen LogP contribution in [0.2, 0.25) is 0 Å². The van der Waals surface area contributed by atoms with Gasteiger partial charge < -0.3 is 10.4 Å². The van der Waals surface area contributed by atoms with Gasteiger partial charge >= 0.3 is 0 Å². The van der Waals surface area contributed by atoms with E-state index in [0.717, 1.165) is 29.0 Å². The molecule has 0 heterocycles. The van der Waals surface area contributed by atoms with Crippen LogP contribution in [-0.2, 0) is 6.42 Å². The number of hydrogen-bond acceptors (Lipinski definition) is 2. The van der Waals surface area contributed by atoms with Crippen molar-refractivity contribution in [2.75, 3.05) is 7.05 Å². The van der Waals surface area contributed by atoms with Gasteiger partial charge in [0.1, 0.15) is 4.99 Å². The second-order valence-corrected chi connectivity index (χ2v) is 4.87. The van der Waals surface area contributed by atoms with Gasteiger partial charge in [-0.3, -0.25) is 0 Å². The summed E-state index contributed by atoms with van der Waals surface area (Å²) in [6, 6.07) is 7.98. The Labute approximate surface area is 107 Å². The molecular formula is C14H17NOS. The van der Waals surface area contributed by atoms with Crippen LogP contribution in [0, 0.1) is 0 Å². The fourth-order valence-electron chi connectivity index (χ4n) is 2.23. The van der Waals surface area contributed by atoms with E-state index in [1.54, 1.807) is 0 Å². The summed E-state index contributed by atoms with van der Waals surface area (Å²) in [5.74, 6) is 0. The molecule has 0 amide bonds. The van der Waals surface area contributed by atoms with Gasteiger partial charge in [0.2, 0.25) is 0 Å². The fraction of sp³-hybridized carbons (Fsp3) is 0.357. The van der Waals surface area contributed by atoms with E-state index in [1.165, 1.54) is 0 Å². The van der Waals surface area contributed by atoms with E-state index in [9.17, 15) is 5.11 Å². The van der Waals surface area contributed by atoms with Crippen LogP contribution in [0.5, 0.6) is 0 Å². The van der Waals surface area contributed by atoms with Crippen LogP contribution in [0.3, 0.4) is 0 Å². The van der Waals surface area contributed by atoms with Gasteiger partial charge in [-0.2, -0.15) is 0 Å². The predicted molar refractivity (Wildman–Crippen MR) is 74.2 cm³/mol. The Kier molecular flexibility index (Phi) is 3.60. The minimum Gasteiger partial charge on any atom is -0.385 e. The SMILES string of the molecule is CNC(=S)c1ccccc1CC1(O)C=CCC1. The molecule has 3 heteroatoms. The number of nitrogens with one attached hydrogen (secondary N) is 1. The van der Waals surface area contributed by atoms with Gasteiger partial charge in [0.25, 0.3) is 0 Å². The third-order valence-corrected chi connectivity index (χ3v) is 3.58. The molecule has 0 fully saturated rings. The summed E-state index contributed by atoms with van der Waals surface area (Å²) < 4.78 is 0. The maximum atomic E-state index is 10.4. The Balaban J connectivity index is 2.26. The third kappa shape index (κ3) is 2.73. The van der Waals surface area contributed by atoms with Crippen LogP contribution in [0.1, 0.15) is 24.0 Å². The van der Waals surface area contributed by atoms with E-state index in [0.29, 0.717) is 6.42 Å². The molecule has 2 rings (SSSR count). The van der Waals surface area contributed by atoms with E-state index >= 15 is 0 Å². The Morgan fingerprint density at radius 1 is 1.47 bits per heavy atom. The Bertz CT molecular complexity index is 455. The Hall–Kier alpha value is -1.19. The summed E-state index contributed by atoms with van der Waals surface area (Å²) >= 11 is 5.28. The quantitative estimate of drug-likeness (QED) is 0.634. The van der Waals surface area contributed by atoms with Crippen LogP contribution >= 0.6 is 12.2 Å². The first kappa shape index (κ1) is 12.3. The smallest absolute Gasteiger partial charge is 0.106 e. The Morgan fingerprint density at radius 2 is 2.24 bits per heavy atom. The highest BCUT2D eigenvalue weighted by Crippen LogP contribution is 2.27. The first-order valence-electron chi connectivity index (χ1n) is 5.85. The zero-order valence-corrected chi connectivity index (χ0v) is 10.8. The zero-order chi connectivity index (χ0) is 12.3. The minimum absolute atomic E-state index is 0.626. The molecule has 2 N–H and O–H groups in total. The van der Waals surface area contributed by atoms with Gasteiger partial charge in [-0.15, -0.1) is 0 Å². The maximum Gasteiger partial charge on any atom is 0.106 e. The van der Waals surface area contributed by atoms with E-state index in [2.05, 4.69) is 5.32 Å². The molecular weight excluding hydrogens is 230 g/mol. The van der Waals surface area contributed by atoms with Crippen LogP contribution in [-0.4, -0.2) is 22.7 Å². The number of thiocarbonyl (C=S) groups is 1. The summed E-state index contributed by atoms with van der Waals surface area (Å²) in [5.41, 5.74) is 1.42. The molecule has 0 aliphatic heterocycles. The molecule has 1 aromatic rings.